The van der Waals surface area contributed by atoms with Gasteiger partial charge in [0.15, 0.2) is 0 Å². The van der Waals surface area contributed by atoms with Crippen LogP contribution in [0.1, 0.15) is 65.6 Å². The van der Waals surface area contributed by atoms with Crippen LogP contribution in [0.4, 0.5) is 0 Å². The third kappa shape index (κ3) is 3.03. The fourth-order valence-electron chi connectivity index (χ4n) is 5.63. The Morgan fingerprint density at radius 3 is 1.32 bits per heavy atom. The van der Waals surface area contributed by atoms with E-state index < -0.39 is 26.8 Å². The Bertz CT molecular complexity index is 946. The summed E-state index contributed by atoms with van der Waals surface area (Å²) in [6.45, 7) is 19.5. The molecule has 0 bridgehead atoms. The van der Waals surface area contributed by atoms with Crippen LogP contribution in [-0.4, -0.2) is 5.92 Å². The molecule has 2 aliphatic rings. The van der Waals surface area contributed by atoms with Gasteiger partial charge < -0.3 is 0 Å². The monoisotopic (exact) mass is 463 g/mol. The second-order valence-electron chi connectivity index (χ2n) is 9.35. The van der Waals surface area contributed by atoms with Crippen LogP contribution < -0.4 is 0 Å². The van der Waals surface area contributed by atoms with Gasteiger partial charge in [-0.15, -0.1) is 0 Å². The third-order valence-corrected chi connectivity index (χ3v) is 29.1. The third-order valence-electron chi connectivity index (χ3n) is 7.01. The van der Waals surface area contributed by atoms with Gasteiger partial charge in [0, 0.05) is 0 Å². The van der Waals surface area contributed by atoms with Gasteiger partial charge in [0.2, 0.25) is 0 Å². The van der Waals surface area contributed by atoms with Crippen molar-refractivity contribution >= 4 is 18.1 Å². The Labute approximate surface area is 180 Å². The van der Waals surface area contributed by atoms with Gasteiger partial charge in [-0.1, -0.05) is 0 Å². The van der Waals surface area contributed by atoms with E-state index in [-0.39, 0.29) is 0 Å². The van der Waals surface area contributed by atoms with Gasteiger partial charge >= 0.3 is 181 Å². The van der Waals surface area contributed by atoms with Gasteiger partial charge in [-0.2, -0.15) is 0 Å². The summed E-state index contributed by atoms with van der Waals surface area (Å²) in [4.78, 5) is 0. The van der Waals surface area contributed by atoms with Crippen molar-refractivity contribution in [1.29, 1.82) is 0 Å². The summed E-state index contributed by atoms with van der Waals surface area (Å²) in [7, 11) is 0. The second kappa shape index (κ2) is 7.37. The fourth-order valence-corrected chi connectivity index (χ4v) is 29.2. The summed E-state index contributed by atoms with van der Waals surface area (Å²) in [6.07, 6.45) is 5.08. The Hall–Kier alpha value is -0.980. The van der Waals surface area contributed by atoms with Crippen LogP contribution in [0.3, 0.4) is 0 Å². The molecule has 2 heteroatoms. The Morgan fingerprint density at radius 2 is 0.964 bits per heavy atom. The number of rotatable bonds is 3. The molecule has 2 aromatic carbocycles. The minimum absolute atomic E-state index is 0.744. The first kappa shape index (κ1) is 20.3. The molecule has 28 heavy (non-hydrogen) atoms. The maximum atomic E-state index is 2.65. The summed E-state index contributed by atoms with van der Waals surface area (Å²) in [6, 6.07) is 9.38. The number of hydrogen-bond acceptors (Lipinski definition) is 0. The van der Waals surface area contributed by atoms with E-state index in [0.717, 1.165) is 7.25 Å². The molecular formula is C26H33SiZr. The molecule has 0 radical (unpaired) electrons. The Morgan fingerprint density at radius 1 is 0.607 bits per heavy atom. The summed E-state index contributed by atoms with van der Waals surface area (Å²) >= 11 is -1.85. The van der Waals surface area contributed by atoms with Gasteiger partial charge in [-0.25, -0.2) is 0 Å². The van der Waals surface area contributed by atoms with Crippen molar-refractivity contribution in [3.8, 4) is 0 Å². The summed E-state index contributed by atoms with van der Waals surface area (Å²) < 4.78 is 1.53. The number of aryl methyl sites for hydroxylation is 4. The van der Waals surface area contributed by atoms with E-state index in [1.807, 2.05) is 0 Å². The van der Waals surface area contributed by atoms with Gasteiger partial charge in [-0.3, -0.25) is 0 Å². The van der Waals surface area contributed by atoms with Crippen molar-refractivity contribution in [2.45, 2.75) is 61.9 Å². The molecular weight excluding hydrogens is 432 g/mol. The van der Waals surface area contributed by atoms with Crippen LogP contribution in [0.5, 0.6) is 0 Å². The molecule has 0 amide bonds. The van der Waals surface area contributed by atoms with Gasteiger partial charge in [-0.05, 0) is 0 Å². The van der Waals surface area contributed by atoms with Crippen LogP contribution in [0, 0.1) is 27.7 Å². The van der Waals surface area contributed by atoms with Gasteiger partial charge in [0.25, 0.3) is 0 Å². The average Bonchev–Trinajstić information content (AvgIpc) is 3.15. The van der Waals surface area contributed by atoms with E-state index in [2.05, 4.69) is 91.1 Å². The molecule has 0 spiro atoms. The second-order valence-corrected chi connectivity index (χ2v) is 29.4. The molecule has 0 nitrogen and oxygen atoms in total. The van der Waals surface area contributed by atoms with Crippen molar-refractivity contribution in [2.75, 3.05) is 0 Å². The number of hydrogen-bond donors (Lipinski definition) is 0. The molecule has 0 saturated carbocycles. The first-order valence-electron chi connectivity index (χ1n) is 10.7. The van der Waals surface area contributed by atoms with Crippen LogP contribution in [0.25, 0.3) is 12.2 Å². The molecule has 0 saturated heterocycles. The molecule has 2 aromatic rings. The molecule has 0 aromatic heterocycles. The van der Waals surface area contributed by atoms with Crippen molar-refractivity contribution in [3.63, 3.8) is 0 Å². The van der Waals surface area contributed by atoms with E-state index >= 15 is 0 Å². The van der Waals surface area contributed by atoms with Crippen molar-refractivity contribution in [3.05, 3.63) is 79.9 Å². The summed E-state index contributed by atoms with van der Waals surface area (Å²) in [5, 5.41) is 0. The number of allylic oxidation sites excluding steroid dienone is 2. The number of fused-ring (bicyclic) bond motifs is 2. The molecule has 0 aliphatic heterocycles. The van der Waals surface area contributed by atoms with Crippen LogP contribution in [0.15, 0.2) is 35.4 Å². The van der Waals surface area contributed by atoms with Gasteiger partial charge in [0.05, 0.1) is 0 Å². The van der Waals surface area contributed by atoms with E-state index in [9.17, 15) is 0 Å². The Balaban J connectivity index is 1.92. The SMILES string of the molecule is CC1=Cc2c(C)ccc(C)c2[CH]1[Zr]([CH]1C(C)=Cc2c(C)ccc(C)c21)[SiH](C)C. The van der Waals surface area contributed by atoms with E-state index in [1.165, 1.54) is 22.3 Å². The van der Waals surface area contributed by atoms with Crippen LogP contribution in [0.2, 0.25) is 13.1 Å². The zero-order chi connectivity index (χ0) is 20.3. The van der Waals surface area contributed by atoms with Crippen molar-refractivity contribution < 1.29 is 20.9 Å². The minimum atomic E-state index is -1.85. The van der Waals surface area contributed by atoms with Crippen molar-refractivity contribution in [2.24, 2.45) is 0 Å². The number of benzene rings is 2. The fraction of sp³-hybridized carbons (Fsp3) is 0.385. The normalized spacial score (nSPS) is 20.2. The van der Waals surface area contributed by atoms with Crippen molar-refractivity contribution in [1.82, 2.24) is 0 Å². The molecule has 145 valence electrons. The zero-order valence-electron chi connectivity index (χ0n) is 18.7. The maximum absolute atomic E-state index is 2.65. The Kier molecular flexibility index (Phi) is 5.34. The molecule has 2 unspecified atom stereocenters. The molecule has 0 heterocycles. The van der Waals surface area contributed by atoms with E-state index in [1.54, 1.807) is 33.4 Å². The molecule has 2 atom stereocenters. The topological polar surface area (TPSA) is 0 Å². The van der Waals surface area contributed by atoms with Gasteiger partial charge in [0.1, 0.15) is 0 Å². The summed E-state index contributed by atoms with van der Waals surface area (Å²) in [5.41, 5.74) is 15.8. The molecule has 4 rings (SSSR count). The molecule has 0 fully saturated rings. The molecule has 0 N–H and O–H groups in total. The van der Waals surface area contributed by atoms with Crippen LogP contribution in [-0.2, 0) is 20.9 Å². The predicted octanol–water partition coefficient (Wildman–Crippen LogP) is 7.14. The zero-order valence-corrected chi connectivity index (χ0v) is 22.3. The van der Waals surface area contributed by atoms with E-state index in [0.29, 0.717) is 0 Å². The van der Waals surface area contributed by atoms with Crippen LogP contribution >= 0.6 is 0 Å². The average molecular weight is 465 g/mol. The predicted molar refractivity (Wildman–Crippen MR) is 123 cm³/mol. The summed E-state index contributed by atoms with van der Waals surface area (Å²) in [5.74, 6) is -0.744. The quantitative estimate of drug-likeness (QED) is 0.423. The van der Waals surface area contributed by atoms with E-state index in [4.69, 9.17) is 0 Å². The first-order valence-corrected chi connectivity index (χ1v) is 20.6. The first-order chi connectivity index (χ1) is 13.2. The standard InChI is InChI=1S/2C12H13.C2H7Si.Zr/c2*1-8-6-11-9(2)4-5-10(3)12(11)7-8;1-3-2;/h2*4-7H,1-3H3;3H,1-2H3;. The molecule has 2 aliphatic carbocycles.